The Morgan fingerprint density at radius 3 is 2.83 bits per heavy atom. The van der Waals surface area contributed by atoms with Gasteiger partial charge in [0.15, 0.2) is 0 Å². The zero-order chi connectivity index (χ0) is 8.72. The fraction of sp³-hybridized carbons (Fsp3) is 0.111. The highest BCUT2D eigenvalue weighted by molar-refractivity contribution is 9.10. The lowest BCUT2D eigenvalue weighted by molar-refractivity contribution is 0.473. The zero-order valence-electron chi connectivity index (χ0n) is 6.58. The number of phenolic OH excluding ortho intramolecular Hbond substituents is 1. The number of phenols is 1. The number of fused-ring (bicyclic) bond motifs is 1. The summed E-state index contributed by atoms with van der Waals surface area (Å²) >= 11 is 3.33. The van der Waals surface area contributed by atoms with Crippen LogP contribution in [0.4, 0.5) is 0 Å². The molecule has 3 heteroatoms. The molecule has 0 saturated heterocycles. The van der Waals surface area contributed by atoms with Crippen LogP contribution in [0.5, 0.6) is 5.75 Å². The predicted molar refractivity (Wildman–Crippen MR) is 52.3 cm³/mol. The van der Waals surface area contributed by atoms with Crippen molar-refractivity contribution in [2.75, 3.05) is 0 Å². The van der Waals surface area contributed by atoms with Crippen molar-refractivity contribution in [2.45, 2.75) is 0 Å². The van der Waals surface area contributed by atoms with Gasteiger partial charge in [0, 0.05) is 24.1 Å². The minimum absolute atomic E-state index is 0.286. The van der Waals surface area contributed by atoms with Crippen molar-refractivity contribution in [3.63, 3.8) is 0 Å². The first-order valence-electron chi connectivity index (χ1n) is 3.62. The number of nitrogens with zero attached hydrogens (tertiary/aromatic N) is 1. The molecule has 1 heterocycles. The van der Waals surface area contributed by atoms with Gasteiger partial charge in [-0.05, 0) is 34.1 Å². The third kappa shape index (κ3) is 0.932. The lowest BCUT2D eigenvalue weighted by atomic mass is 10.2. The second-order valence-corrected chi connectivity index (χ2v) is 3.55. The van der Waals surface area contributed by atoms with E-state index in [1.165, 1.54) is 0 Å². The molecule has 0 amide bonds. The van der Waals surface area contributed by atoms with Crippen LogP contribution in [-0.2, 0) is 7.05 Å². The molecule has 12 heavy (non-hydrogen) atoms. The van der Waals surface area contributed by atoms with Crippen molar-refractivity contribution in [1.82, 2.24) is 4.57 Å². The highest BCUT2D eigenvalue weighted by Gasteiger charge is 2.05. The number of benzene rings is 1. The van der Waals surface area contributed by atoms with Gasteiger partial charge < -0.3 is 9.67 Å². The van der Waals surface area contributed by atoms with Gasteiger partial charge in [-0.1, -0.05) is 0 Å². The molecule has 0 aliphatic rings. The van der Waals surface area contributed by atoms with Gasteiger partial charge in [-0.15, -0.1) is 0 Å². The number of aromatic nitrogens is 1. The van der Waals surface area contributed by atoms with E-state index in [2.05, 4.69) is 15.9 Å². The minimum atomic E-state index is 0.286. The van der Waals surface area contributed by atoms with E-state index in [-0.39, 0.29) is 5.75 Å². The highest BCUT2D eigenvalue weighted by Crippen LogP contribution is 2.32. The first kappa shape index (κ1) is 7.68. The number of hydrogen-bond donors (Lipinski definition) is 1. The van der Waals surface area contributed by atoms with Crippen LogP contribution in [0, 0.1) is 0 Å². The summed E-state index contributed by atoms with van der Waals surface area (Å²) in [5.74, 6) is 0.286. The number of aromatic hydroxyl groups is 1. The van der Waals surface area contributed by atoms with Gasteiger partial charge in [-0.2, -0.15) is 0 Å². The van der Waals surface area contributed by atoms with E-state index in [9.17, 15) is 5.11 Å². The summed E-state index contributed by atoms with van der Waals surface area (Å²) in [6.07, 6.45) is 1.97. The number of aryl methyl sites for hydroxylation is 1. The molecule has 1 aromatic heterocycles. The van der Waals surface area contributed by atoms with Crippen LogP contribution in [0.1, 0.15) is 0 Å². The molecule has 1 N–H and O–H groups in total. The van der Waals surface area contributed by atoms with E-state index >= 15 is 0 Å². The largest absolute Gasteiger partial charge is 0.507 e. The van der Waals surface area contributed by atoms with Gasteiger partial charge in [0.2, 0.25) is 0 Å². The third-order valence-corrected chi connectivity index (χ3v) is 2.81. The van der Waals surface area contributed by atoms with E-state index in [1.807, 2.05) is 29.9 Å². The van der Waals surface area contributed by atoms with Gasteiger partial charge in [0.05, 0.1) is 4.47 Å². The van der Waals surface area contributed by atoms with Crippen molar-refractivity contribution in [1.29, 1.82) is 0 Å². The van der Waals surface area contributed by atoms with E-state index in [1.54, 1.807) is 6.07 Å². The van der Waals surface area contributed by atoms with Gasteiger partial charge in [0.25, 0.3) is 0 Å². The van der Waals surface area contributed by atoms with Crippen LogP contribution < -0.4 is 0 Å². The van der Waals surface area contributed by atoms with E-state index in [0.29, 0.717) is 0 Å². The maximum atomic E-state index is 9.37. The predicted octanol–water partition coefficient (Wildman–Crippen LogP) is 2.65. The molecule has 0 saturated carbocycles. The van der Waals surface area contributed by atoms with Crippen molar-refractivity contribution < 1.29 is 5.11 Å². The quantitative estimate of drug-likeness (QED) is 0.733. The lowest BCUT2D eigenvalue weighted by Gasteiger charge is -1.99. The molecule has 62 valence electrons. The van der Waals surface area contributed by atoms with Gasteiger partial charge >= 0.3 is 0 Å². The Hall–Kier alpha value is -0.960. The molecule has 2 rings (SSSR count). The zero-order valence-corrected chi connectivity index (χ0v) is 8.17. The van der Waals surface area contributed by atoms with E-state index in [0.717, 1.165) is 15.4 Å². The molecule has 0 radical (unpaired) electrons. The summed E-state index contributed by atoms with van der Waals surface area (Å²) in [5, 5.41) is 10.4. The van der Waals surface area contributed by atoms with Crippen LogP contribution >= 0.6 is 15.9 Å². The summed E-state index contributed by atoms with van der Waals surface area (Å²) in [4.78, 5) is 0. The molecule has 0 spiro atoms. The smallest absolute Gasteiger partial charge is 0.130 e. The SMILES string of the molecule is Cn1ccc2c(Br)c(O)ccc21. The first-order chi connectivity index (χ1) is 5.70. The molecule has 2 nitrogen and oxygen atoms in total. The van der Waals surface area contributed by atoms with E-state index in [4.69, 9.17) is 0 Å². The monoisotopic (exact) mass is 225 g/mol. The van der Waals surface area contributed by atoms with Gasteiger partial charge in [-0.3, -0.25) is 0 Å². The Balaban J connectivity index is 2.93. The van der Waals surface area contributed by atoms with Crippen molar-refractivity contribution >= 4 is 26.8 Å². The standard InChI is InChI=1S/C9H8BrNO/c1-11-5-4-6-7(11)2-3-8(12)9(6)10/h2-5,12H,1H3. The summed E-state index contributed by atoms with van der Waals surface area (Å²) in [7, 11) is 1.98. The van der Waals surface area contributed by atoms with Crippen LogP contribution in [0.15, 0.2) is 28.9 Å². The molecule has 2 aromatic rings. The number of hydrogen-bond acceptors (Lipinski definition) is 1. The number of halogens is 1. The fourth-order valence-electron chi connectivity index (χ4n) is 1.30. The Bertz CT molecular complexity index is 433. The molecule has 0 unspecified atom stereocenters. The van der Waals surface area contributed by atoms with Crippen molar-refractivity contribution in [3.8, 4) is 5.75 Å². The first-order valence-corrected chi connectivity index (χ1v) is 4.42. The summed E-state index contributed by atoms with van der Waals surface area (Å²) < 4.78 is 2.78. The summed E-state index contributed by atoms with van der Waals surface area (Å²) in [6.45, 7) is 0. The molecule has 0 bridgehead atoms. The topological polar surface area (TPSA) is 25.2 Å². The van der Waals surface area contributed by atoms with Crippen LogP contribution in [0.2, 0.25) is 0 Å². The van der Waals surface area contributed by atoms with Gasteiger partial charge in [-0.25, -0.2) is 0 Å². The number of rotatable bonds is 0. The molecule has 0 aliphatic carbocycles. The highest BCUT2D eigenvalue weighted by atomic mass is 79.9. The Morgan fingerprint density at radius 2 is 2.08 bits per heavy atom. The van der Waals surface area contributed by atoms with Crippen LogP contribution in [0.3, 0.4) is 0 Å². The Labute approximate surface area is 78.6 Å². The minimum Gasteiger partial charge on any atom is -0.507 e. The molecule has 1 aromatic carbocycles. The van der Waals surface area contributed by atoms with Gasteiger partial charge in [0.1, 0.15) is 5.75 Å². The van der Waals surface area contributed by atoms with Crippen LogP contribution in [0.25, 0.3) is 10.9 Å². The fourth-order valence-corrected chi connectivity index (χ4v) is 1.77. The second kappa shape index (κ2) is 2.52. The average molecular weight is 226 g/mol. The maximum absolute atomic E-state index is 9.37. The maximum Gasteiger partial charge on any atom is 0.130 e. The summed E-state index contributed by atoms with van der Waals surface area (Å²) in [6, 6.07) is 5.56. The third-order valence-electron chi connectivity index (χ3n) is 1.98. The normalized spacial score (nSPS) is 10.8. The molecular weight excluding hydrogens is 218 g/mol. The van der Waals surface area contributed by atoms with Crippen LogP contribution in [-0.4, -0.2) is 9.67 Å². The van der Waals surface area contributed by atoms with E-state index < -0.39 is 0 Å². The Kier molecular flexibility index (Phi) is 1.61. The van der Waals surface area contributed by atoms with Crippen molar-refractivity contribution in [2.24, 2.45) is 7.05 Å². The van der Waals surface area contributed by atoms with Crippen molar-refractivity contribution in [3.05, 3.63) is 28.9 Å². The average Bonchev–Trinajstić information content (AvgIpc) is 2.41. The lowest BCUT2D eigenvalue weighted by Crippen LogP contribution is -1.82. The molecule has 0 fully saturated rings. The Morgan fingerprint density at radius 1 is 1.33 bits per heavy atom. The second-order valence-electron chi connectivity index (χ2n) is 2.76. The molecular formula is C9H8BrNO. The molecule has 0 aliphatic heterocycles. The molecule has 0 atom stereocenters. The summed E-state index contributed by atoms with van der Waals surface area (Å²) in [5.41, 5.74) is 1.11.